The topological polar surface area (TPSA) is 39.5 Å². The van der Waals surface area contributed by atoms with Crippen LogP contribution in [0, 0.1) is 0 Å². The minimum atomic E-state index is -0.0258. The third-order valence-corrected chi connectivity index (χ3v) is 6.04. The molecule has 3 rings (SSSR count). The van der Waals surface area contributed by atoms with Gasteiger partial charge in [-0.05, 0) is 23.2 Å². The summed E-state index contributed by atoms with van der Waals surface area (Å²) in [5.74, 6) is 0.956. The maximum absolute atomic E-state index is 5.91. The maximum atomic E-state index is 5.91. The van der Waals surface area contributed by atoms with E-state index in [9.17, 15) is 0 Å². The molecule has 2 radical (unpaired) electrons. The number of morpholine rings is 1. The SMILES string of the molecule is COC([Si]C(C)(C)C)n1c(N2CCOCC2)nc2ccc(Br)cc21. The van der Waals surface area contributed by atoms with Crippen LogP contribution in [0.25, 0.3) is 11.0 Å². The van der Waals surface area contributed by atoms with Gasteiger partial charge >= 0.3 is 0 Å². The van der Waals surface area contributed by atoms with Crippen molar-refractivity contribution in [1.82, 2.24) is 9.55 Å². The molecule has 0 bridgehead atoms. The fraction of sp³-hybridized carbons (Fsp3) is 0.588. The van der Waals surface area contributed by atoms with Gasteiger partial charge in [0.1, 0.15) is 15.4 Å². The Morgan fingerprint density at radius 2 is 2.00 bits per heavy atom. The number of hydrogen-bond acceptors (Lipinski definition) is 4. The Kier molecular flexibility index (Phi) is 5.34. The molecule has 1 aromatic heterocycles. The van der Waals surface area contributed by atoms with Gasteiger partial charge in [-0.15, -0.1) is 0 Å². The molecule has 5 nitrogen and oxygen atoms in total. The molecule has 1 aliphatic heterocycles. The predicted octanol–water partition coefficient (Wildman–Crippen LogP) is 3.66. The molecule has 0 N–H and O–H groups in total. The quantitative estimate of drug-likeness (QED) is 0.722. The van der Waals surface area contributed by atoms with E-state index < -0.39 is 0 Å². The Morgan fingerprint density at radius 1 is 1.29 bits per heavy atom. The standard InChI is InChI=1S/C17H24BrN3O2Si/c1-17(2,3)24-16(22-4)21-14-11-12(18)5-6-13(14)19-15(21)20-7-9-23-10-8-20/h5-6,11,16H,7-10H2,1-4H3. The van der Waals surface area contributed by atoms with Gasteiger partial charge in [0.2, 0.25) is 5.95 Å². The van der Waals surface area contributed by atoms with Gasteiger partial charge < -0.3 is 14.4 Å². The largest absolute Gasteiger partial charge is 0.378 e. The monoisotopic (exact) mass is 409 g/mol. The lowest BCUT2D eigenvalue weighted by Gasteiger charge is -2.32. The van der Waals surface area contributed by atoms with E-state index >= 15 is 0 Å². The molecule has 1 unspecified atom stereocenters. The molecular formula is C17H24BrN3O2Si. The summed E-state index contributed by atoms with van der Waals surface area (Å²) in [5, 5.41) is 0.186. The number of benzene rings is 1. The van der Waals surface area contributed by atoms with E-state index in [-0.39, 0.29) is 10.9 Å². The second-order valence-electron chi connectivity index (χ2n) is 7.00. The second-order valence-corrected chi connectivity index (χ2v) is 10.2. The first-order valence-electron chi connectivity index (χ1n) is 8.20. The number of hydrogen-bond donors (Lipinski definition) is 0. The highest BCUT2D eigenvalue weighted by molar-refractivity contribution is 9.10. The van der Waals surface area contributed by atoms with Crippen molar-refractivity contribution in [1.29, 1.82) is 0 Å². The summed E-state index contributed by atoms with van der Waals surface area (Å²) in [6, 6.07) is 6.23. The van der Waals surface area contributed by atoms with Gasteiger partial charge in [0.05, 0.1) is 24.2 Å². The summed E-state index contributed by atoms with van der Waals surface area (Å²) < 4.78 is 14.7. The van der Waals surface area contributed by atoms with Gasteiger partial charge in [-0.3, -0.25) is 4.57 Å². The normalized spacial score (nSPS) is 17.5. The number of nitrogens with zero attached hydrogens (tertiary/aromatic N) is 3. The van der Waals surface area contributed by atoms with E-state index in [2.05, 4.69) is 58.3 Å². The highest BCUT2D eigenvalue weighted by atomic mass is 79.9. The molecule has 24 heavy (non-hydrogen) atoms. The van der Waals surface area contributed by atoms with Crippen LogP contribution in [0.3, 0.4) is 0 Å². The van der Waals surface area contributed by atoms with Gasteiger partial charge in [-0.2, -0.15) is 0 Å². The molecular weight excluding hydrogens is 386 g/mol. The molecule has 1 saturated heterocycles. The molecule has 0 amide bonds. The van der Waals surface area contributed by atoms with Crippen LogP contribution >= 0.6 is 15.9 Å². The van der Waals surface area contributed by atoms with E-state index in [0.29, 0.717) is 9.52 Å². The average molecular weight is 410 g/mol. The molecule has 0 saturated carbocycles. The van der Waals surface area contributed by atoms with Gasteiger partial charge in [0.25, 0.3) is 0 Å². The molecule has 0 aliphatic carbocycles. The highest BCUT2D eigenvalue weighted by Gasteiger charge is 2.28. The molecule has 130 valence electrons. The number of aromatic nitrogens is 2. The zero-order valence-electron chi connectivity index (χ0n) is 14.7. The summed E-state index contributed by atoms with van der Waals surface area (Å²) in [6.45, 7) is 9.96. The summed E-state index contributed by atoms with van der Waals surface area (Å²) in [6.07, 6.45) is 0. The molecule has 2 aromatic rings. The third kappa shape index (κ3) is 3.85. The van der Waals surface area contributed by atoms with Gasteiger partial charge in [0, 0.05) is 24.7 Å². The molecule has 7 heteroatoms. The summed E-state index contributed by atoms with van der Waals surface area (Å²) >= 11 is 3.59. The first kappa shape index (κ1) is 17.9. The van der Waals surface area contributed by atoms with E-state index in [4.69, 9.17) is 14.5 Å². The number of ether oxygens (including phenoxy) is 2. The summed E-state index contributed by atoms with van der Waals surface area (Å²) in [5.41, 5.74) is 2.11. The molecule has 1 atom stereocenters. The van der Waals surface area contributed by atoms with E-state index in [1.807, 2.05) is 6.07 Å². The first-order valence-corrected chi connectivity index (χ1v) is 10.1. The fourth-order valence-electron chi connectivity index (χ4n) is 2.87. The molecule has 1 fully saturated rings. The van der Waals surface area contributed by atoms with Crippen LogP contribution in [0.5, 0.6) is 0 Å². The van der Waals surface area contributed by atoms with Crippen molar-refractivity contribution in [2.75, 3.05) is 38.3 Å². The van der Waals surface area contributed by atoms with Gasteiger partial charge in [-0.25, -0.2) is 4.98 Å². The fourth-order valence-corrected chi connectivity index (χ4v) is 4.46. The lowest BCUT2D eigenvalue weighted by molar-refractivity contribution is 0.106. The van der Waals surface area contributed by atoms with Crippen molar-refractivity contribution in [2.24, 2.45) is 0 Å². The number of methoxy groups -OCH3 is 1. The summed E-state index contributed by atoms with van der Waals surface area (Å²) in [7, 11) is 2.41. The van der Waals surface area contributed by atoms with Crippen molar-refractivity contribution in [3.05, 3.63) is 22.7 Å². The maximum Gasteiger partial charge on any atom is 0.208 e. The van der Waals surface area contributed by atoms with Crippen molar-refractivity contribution in [2.45, 2.75) is 31.7 Å². The van der Waals surface area contributed by atoms with Crippen molar-refractivity contribution >= 4 is 42.4 Å². The zero-order chi connectivity index (χ0) is 17.3. The van der Waals surface area contributed by atoms with Crippen LogP contribution in [0.15, 0.2) is 22.7 Å². The lowest BCUT2D eigenvalue weighted by atomic mass is 10.3. The Morgan fingerprint density at radius 3 is 2.62 bits per heavy atom. The number of fused-ring (bicyclic) bond motifs is 1. The smallest absolute Gasteiger partial charge is 0.208 e. The van der Waals surface area contributed by atoms with Crippen LogP contribution in [0.4, 0.5) is 5.95 Å². The second kappa shape index (κ2) is 7.15. The number of rotatable bonds is 4. The Labute approximate surface area is 154 Å². The molecule has 0 spiro atoms. The third-order valence-electron chi connectivity index (χ3n) is 3.94. The van der Waals surface area contributed by atoms with Crippen LogP contribution in [-0.4, -0.2) is 52.5 Å². The van der Waals surface area contributed by atoms with E-state index in [0.717, 1.165) is 47.8 Å². The Balaban J connectivity index is 2.11. The molecule has 1 aliphatic rings. The van der Waals surface area contributed by atoms with E-state index in [1.54, 1.807) is 7.11 Å². The van der Waals surface area contributed by atoms with Crippen LogP contribution in [0.2, 0.25) is 5.04 Å². The van der Waals surface area contributed by atoms with E-state index in [1.165, 1.54) is 0 Å². The summed E-state index contributed by atoms with van der Waals surface area (Å²) in [4.78, 5) is 7.22. The molecule has 2 heterocycles. The average Bonchev–Trinajstić information content (AvgIpc) is 2.91. The minimum Gasteiger partial charge on any atom is -0.378 e. The highest BCUT2D eigenvalue weighted by Crippen LogP contribution is 2.33. The van der Waals surface area contributed by atoms with Gasteiger partial charge in [0.15, 0.2) is 0 Å². The Bertz CT molecular complexity index is 708. The van der Waals surface area contributed by atoms with Crippen LogP contribution in [0.1, 0.15) is 26.6 Å². The zero-order valence-corrected chi connectivity index (χ0v) is 17.3. The predicted molar refractivity (Wildman–Crippen MR) is 102 cm³/mol. The molecule has 1 aromatic carbocycles. The van der Waals surface area contributed by atoms with Crippen molar-refractivity contribution < 1.29 is 9.47 Å². The minimum absolute atomic E-state index is 0.0258. The first-order chi connectivity index (χ1) is 11.4. The number of anilines is 1. The number of halogens is 1. The van der Waals surface area contributed by atoms with Gasteiger partial charge in [-0.1, -0.05) is 36.7 Å². The Hall–Kier alpha value is -0.893. The lowest BCUT2D eigenvalue weighted by Crippen LogP contribution is -2.39. The van der Waals surface area contributed by atoms with Crippen LogP contribution < -0.4 is 4.90 Å². The number of imidazole rings is 1. The van der Waals surface area contributed by atoms with Crippen molar-refractivity contribution in [3.63, 3.8) is 0 Å². The van der Waals surface area contributed by atoms with Crippen LogP contribution in [-0.2, 0) is 9.47 Å². The van der Waals surface area contributed by atoms with Crippen molar-refractivity contribution in [3.8, 4) is 0 Å².